The van der Waals surface area contributed by atoms with E-state index in [2.05, 4.69) is 5.32 Å². The first-order valence-corrected chi connectivity index (χ1v) is 11.3. The Hall–Kier alpha value is -3.07. The second-order valence-corrected chi connectivity index (χ2v) is 8.96. The Bertz CT molecular complexity index is 1370. The summed E-state index contributed by atoms with van der Waals surface area (Å²) in [5.41, 5.74) is -0.925. The summed E-state index contributed by atoms with van der Waals surface area (Å²) in [7, 11) is 0. The fraction of sp³-hybridized carbons (Fsp3) is 0.0833. The van der Waals surface area contributed by atoms with Crippen LogP contribution in [0.3, 0.4) is 0 Å². The molecule has 0 saturated carbocycles. The van der Waals surface area contributed by atoms with Gasteiger partial charge < -0.3 is 10.1 Å². The molecule has 1 heterocycles. The molecule has 1 aromatic heterocycles. The van der Waals surface area contributed by atoms with Gasteiger partial charge in [0.1, 0.15) is 4.88 Å². The normalized spacial score (nSPS) is 12.4. The minimum atomic E-state index is -4.71. The lowest BCUT2D eigenvalue weighted by Crippen LogP contribution is -2.26. The van der Waals surface area contributed by atoms with E-state index in [1.54, 1.807) is 54.6 Å². The van der Waals surface area contributed by atoms with E-state index in [1.165, 1.54) is 6.07 Å². The van der Waals surface area contributed by atoms with Crippen molar-refractivity contribution >= 4 is 62.2 Å². The molecule has 0 fully saturated rings. The first-order chi connectivity index (χ1) is 16.1. The highest BCUT2D eigenvalue weighted by molar-refractivity contribution is 7.21. The molecule has 4 nitrogen and oxygen atoms in total. The van der Waals surface area contributed by atoms with E-state index in [4.69, 9.17) is 27.9 Å². The Morgan fingerprint density at radius 1 is 0.941 bits per heavy atom. The molecule has 10 heteroatoms. The van der Waals surface area contributed by atoms with Crippen molar-refractivity contribution in [3.8, 4) is 0 Å². The Kier molecular flexibility index (Phi) is 6.84. The van der Waals surface area contributed by atoms with Gasteiger partial charge in [-0.15, -0.1) is 11.3 Å². The number of benzene rings is 3. The second-order valence-electron chi connectivity index (χ2n) is 7.12. The molecule has 1 amide bonds. The summed E-state index contributed by atoms with van der Waals surface area (Å²) in [6.07, 6.45) is -6.15. The lowest BCUT2D eigenvalue weighted by molar-refractivity contribution is -0.137. The lowest BCUT2D eigenvalue weighted by atomic mass is 10.1. The Balaban J connectivity index is 1.64. The Morgan fingerprint density at radius 2 is 1.62 bits per heavy atom. The number of carbonyl (C=O) groups is 2. The van der Waals surface area contributed by atoms with Gasteiger partial charge in [-0.25, -0.2) is 4.79 Å². The minimum absolute atomic E-state index is 0.113. The molecule has 1 unspecified atom stereocenters. The zero-order valence-electron chi connectivity index (χ0n) is 17.0. The first kappa shape index (κ1) is 24.1. The van der Waals surface area contributed by atoms with Gasteiger partial charge in [0.2, 0.25) is 6.10 Å². The average molecular weight is 524 g/mol. The van der Waals surface area contributed by atoms with Gasteiger partial charge >= 0.3 is 12.1 Å². The van der Waals surface area contributed by atoms with Crippen LogP contribution in [0.4, 0.5) is 18.9 Å². The van der Waals surface area contributed by atoms with Gasteiger partial charge in [0.25, 0.3) is 5.91 Å². The number of rotatable bonds is 5. The number of anilines is 1. The van der Waals surface area contributed by atoms with Gasteiger partial charge in [-0.05, 0) is 24.3 Å². The number of carbonyl (C=O) groups excluding carboxylic acids is 2. The molecule has 0 spiro atoms. The highest BCUT2D eigenvalue weighted by Crippen LogP contribution is 2.38. The van der Waals surface area contributed by atoms with Crippen molar-refractivity contribution in [2.24, 2.45) is 0 Å². The van der Waals surface area contributed by atoms with Crippen molar-refractivity contribution < 1.29 is 27.5 Å². The molecule has 34 heavy (non-hydrogen) atoms. The number of esters is 1. The van der Waals surface area contributed by atoms with Crippen LogP contribution in [-0.4, -0.2) is 11.9 Å². The van der Waals surface area contributed by atoms with E-state index in [0.717, 1.165) is 22.1 Å². The third-order valence-electron chi connectivity index (χ3n) is 4.82. The topological polar surface area (TPSA) is 55.4 Å². The highest BCUT2D eigenvalue weighted by atomic mass is 35.5. The van der Waals surface area contributed by atoms with Gasteiger partial charge in [-0.2, -0.15) is 13.2 Å². The first-order valence-electron chi connectivity index (χ1n) is 9.75. The number of thiophene rings is 1. The molecule has 4 rings (SSSR count). The molecule has 174 valence electrons. The van der Waals surface area contributed by atoms with Crippen LogP contribution >= 0.6 is 34.5 Å². The predicted molar refractivity (Wildman–Crippen MR) is 127 cm³/mol. The summed E-state index contributed by atoms with van der Waals surface area (Å²) >= 11 is 13.1. The summed E-state index contributed by atoms with van der Waals surface area (Å²) in [5.74, 6) is -1.67. The van der Waals surface area contributed by atoms with E-state index in [1.807, 2.05) is 0 Å². The summed E-state index contributed by atoms with van der Waals surface area (Å²) < 4.78 is 45.9. The number of hydrogen-bond donors (Lipinski definition) is 1. The highest BCUT2D eigenvalue weighted by Gasteiger charge is 2.34. The van der Waals surface area contributed by atoms with Gasteiger partial charge in [0.05, 0.1) is 15.6 Å². The summed E-state index contributed by atoms with van der Waals surface area (Å²) in [6.45, 7) is 0. The van der Waals surface area contributed by atoms with Crippen molar-refractivity contribution in [3.05, 3.63) is 98.8 Å². The summed E-state index contributed by atoms with van der Waals surface area (Å²) in [6, 6.07) is 18.2. The largest absolute Gasteiger partial charge is 0.443 e. The standard InChI is InChI=1S/C24H14Cl2F3NO3S/c25-17-11-10-14(12-16(17)24(27,28)29)30-22(31)20(13-6-2-1-3-7-13)33-23(32)21-19(26)15-8-4-5-9-18(15)34-21/h1-12,20H,(H,30,31). The summed E-state index contributed by atoms with van der Waals surface area (Å²) in [4.78, 5) is 26.1. The van der Waals surface area contributed by atoms with E-state index in [0.29, 0.717) is 17.0 Å². The number of halogens is 5. The third kappa shape index (κ3) is 5.04. The number of amides is 1. The number of nitrogens with one attached hydrogen (secondary N) is 1. The van der Waals surface area contributed by atoms with Crippen molar-refractivity contribution in [1.29, 1.82) is 0 Å². The zero-order valence-corrected chi connectivity index (χ0v) is 19.4. The zero-order chi connectivity index (χ0) is 24.5. The van der Waals surface area contributed by atoms with Crippen LogP contribution in [0.15, 0.2) is 72.8 Å². The van der Waals surface area contributed by atoms with Crippen LogP contribution in [0.2, 0.25) is 10.0 Å². The van der Waals surface area contributed by atoms with Crippen molar-refractivity contribution in [2.45, 2.75) is 12.3 Å². The number of fused-ring (bicyclic) bond motifs is 1. The molecule has 0 bridgehead atoms. The van der Waals surface area contributed by atoms with E-state index < -0.39 is 34.7 Å². The molecule has 0 aliphatic rings. The van der Waals surface area contributed by atoms with Crippen LogP contribution in [0, 0.1) is 0 Å². The third-order valence-corrected chi connectivity index (χ3v) is 6.81. The SMILES string of the molecule is O=C(OC(C(=O)Nc1ccc(Cl)c(C(F)(F)F)c1)c1ccccc1)c1sc2ccccc2c1Cl. The van der Waals surface area contributed by atoms with Crippen LogP contribution in [-0.2, 0) is 15.7 Å². The molecular formula is C24H14Cl2F3NO3S. The Labute approximate surface area is 205 Å². The molecule has 0 aliphatic carbocycles. The van der Waals surface area contributed by atoms with Gasteiger partial charge in [0, 0.05) is 21.3 Å². The monoisotopic (exact) mass is 523 g/mol. The average Bonchev–Trinajstić information content (AvgIpc) is 3.15. The molecule has 1 atom stereocenters. The van der Waals surface area contributed by atoms with Gasteiger partial charge in [0.15, 0.2) is 0 Å². The Morgan fingerprint density at radius 3 is 2.29 bits per heavy atom. The smallest absolute Gasteiger partial charge is 0.417 e. The molecule has 0 radical (unpaired) electrons. The van der Waals surface area contributed by atoms with Crippen LogP contribution in [0.5, 0.6) is 0 Å². The van der Waals surface area contributed by atoms with Crippen LogP contribution < -0.4 is 5.32 Å². The fourth-order valence-corrected chi connectivity index (χ4v) is 4.85. The number of ether oxygens (including phenoxy) is 1. The van der Waals surface area contributed by atoms with Crippen molar-refractivity contribution in [1.82, 2.24) is 0 Å². The molecular weight excluding hydrogens is 510 g/mol. The molecule has 0 saturated heterocycles. The fourth-order valence-electron chi connectivity index (χ4n) is 3.23. The minimum Gasteiger partial charge on any atom is -0.443 e. The predicted octanol–water partition coefficient (Wildman–Crippen LogP) is 7.76. The molecule has 3 aromatic carbocycles. The molecule has 4 aromatic rings. The van der Waals surface area contributed by atoms with Crippen LogP contribution in [0.1, 0.15) is 26.9 Å². The van der Waals surface area contributed by atoms with Crippen molar-refractivity contribution in [2.75, 3.05) is 5.32 Å². The van der Waals surface area contributed by atoms with E-state index in [9.17, 15) is 22.8 Å². The van der Waals surface area contributed by atoms with Crippen LogP contribution in [0.25, 0.3) is 10.1 Å². The quantitative estimate of drug-likeness (QED) is 0.272. The molecule has 0 aliphatic heterocycles. The van der Waals surface area contributed by atoms with Crippen molar-refractivity contribution in [3.63, 3.8) is 0 Å². The van der Waals surface area contributed by atoms with E-state index in [-0.39, 0.29) is 15.6 Å². The summed E-state index contributed by atoms with van der Waals surface area (Å²) in [5, 5.41) is 2.74. The maximum atomic E-state index is 13.2. The number of hydrogen-bond acceptors (Lipinski definition) is 4. The second kappa shape index (κ2) is 9.66. The molecule has 1 N–H and O–H groups in total. The van der Waals surface area contributed by atoms with Gasteiger partial charge in [-0.3, -0.25) is 4.79 Å². The number of alkyl halides is 3. The van der Waals surface area contributed by atoms with E-state index >= 15 is 0 Å². The lowest BCUT2D eigenvalue weighted by Gasteiger charge is -2.18. The maximum absolute atomic E-state index is 13.2. The van der Waals surface area contributed by atoms with Gasteiger partial charge in [-0.1, -0.05) is 71.7 Å². The maximum Gasteiger partial charge on any atom is 0.417 e.